The van der Waals surface area contributed by atoms with Crippen molar-refractivity contribution in [2.45, 2.75) is 37.6 Å². The standard InChI is InChI=1S/C21H25N3O4S/c1-16-6-5-7-18(14-16)23-21(26)20(25)22-15-17-8-10-19(11-9-17)29(27,28)24-12-3-2-4-13-24/h5-11,14H,2-4,12-13,15H2,1H3,(H,22,25)(H,23,26). The van der Waals surface area contributed by atoms with E-state index in [0.717, 1.165) is 24.8 Å². The summed E-state index contributed by atoms with van der Waals surface area (Å²) in [6.45, 7) is 3.13. The van der Waals surface area contributed by atoms with E-state index in [1.54, 1.807) is 30.3 Å². The number of carbonyl (C=O) groups excluding carboxylic acids is 2. The molecule has 2 aromatic rings. The normalized spacial score (nSPS) is 14.9. The van der Waals surface area contributed by atoms with E-state index in [0.29, 0.717) is 24.3 Å². The van der Waals surface area contributed by atoms with Crippen LogP contribution in [0, 0.1) is 6.92 Å². The van der Waals surface area contributed by atoms with Crippen molar-refractivity contribution in [2.75, 3.05) is 18.4 Å². The van der Waals surface area contributed by atoms with Crippen LogP contribution in [0.1, 0.15) is 30.4 Å². The van der Waals surface area contributed by atoms with Crippen molar-refractivity contribution >= 4 is 27.5 Å². The summed E-state index contributed by atoms with van der Waals surface area (Å²) in [5.41, 5.74) is 2.24. The van der Waals surface area contributed by atoms with E-state index >= 15 is 0 Å². The third kappa shape index (κ3) is 5.42. The van der Waals surface area contributed by atoms with Gasteiger partial charge in [0, 0.05) is 25.3 Å². The molecule has 8 heteroatoms. The lowest BCUT2D eigenvalue weighted by molar-refractivity contribution is -0.136. The molecule has 0 spiro atoms. The fraction of sp³-hybridized carbons (Fsp3) is 0.333. The molecule has 29 heavy (non-hydrogen) atoms. The number of benzene rings is 2. The number of anilines is 1. The van der Waals surface area contributed by atoms with Crippen LogP contribution in [-0.2, 0) is 26.2 Å². The highest BCUT2D eigenvalue weighted by atomic mass is 32.2. The number of nitrogens with one attached hydrogen (secondary N) is 2. The van der Waals surface area contributed by atoms with E-state index in [1.807, 2.05) is 13.0 Å². The molecular weight excluding hydrogens is 390 g/mol. The topological polar surface area (TPSA) is 95.6 Å². The second-order valence-corrected chi connectivity index (χ2v) is 9.05. The molecule has 1 fully saturated rings. The molecule has 0 unspecified atom stereocenters. The summed E-state index contributed by atoms with van der Waals surface area (Å²) in [6.07, 6.45) is 2.82. The Morgan fingerprint density at radius 2 is 1.66 bits per heavy atom. The van der Waals surface area contributed by atoms with Crippen molar-refractivity contribution in [3.05, 3.63) is 59.7 Å². The SMILES string of the molecule is Cc1cccc(NC(=O)C(=O)NCc2ccc(S(=O)(=O)N3CCCCC3)cc2)c1. The quantitative estimate of drug-likeness (QED) is 0.733. The van der Waals surface area contributed by atoms with Crippen LogP contribution < -0.4 is 10.6 Å². The second kappa shape index (κ2) is 9.19. The van der Waals surface area contributed by atoms with Gasteiger partial charge in [0.2, 0.25) is 10.0 Å². The Balaban J connectivity index is 1.55. The zero-order chi connectivity index (χ0) is 20.9. The van der Waals surface area contributed by atoms with Gasteiger partial charge >= 0.3 is 11.8 Å². The first-order valence-corrected chi connectivity index (χ1v) is 11.1. The van der Waals surface area contributed by atoms with Gasteiger partial charge in [-0.25, -0.2) is 8.42 Å². The molecular formula is C21H25N3O4S. The number of carbonyl (C=O) groups is 2. The summed E-state index contributed by atoms with van der Waals surface area (Å²) in [7, 11) is -3.48. The fourth-order valence-corrected chi connectivity index (χ4v) is 4.72. The Morgan fingerprint density at radius 1 is 0.966 bits per heavy atom. The van der Waals surface area contributed by atoms with Gasteiger partial charge in [-0.3, -0.25) is 9.59 Å². The first-order valence-electron chi connectivity index (χ1n) is 9.61. The maximum absolute atomic E-state index is 12.7. The number of hydrogen-bond acceptors (Lipinski definition) is 4. The summed E-state index contributed by atoms with van der Waals surface area (Å²) < 4.78 is 26.8. The smallest absolute Gasteiger partial charge is 0.313 e. The van der Waals surface area contributed by atoms with Gasteiger partial charge in [-0.15, -0.1) is 0 Å². The molecule has 0 radical (unpaired) electrons. The second-order valence-electron chi connectivity index (χ2n) is 7.11. The van der Waals surface area contributed by atoms with Crippen molar-refractivity contribution in [2.24, 2.45) is 0 Å². The van der Waals surface area contributed by atoms with Crippen molar-refractivity contribution in [1.82, 2.24) is 9.62 Å². The minimum Gasteiger partial charge on any atom is -0.344 e. The zero-order valence-electron chi connectivity index (χ0n) is 16.3. The Labute approximate surface area is 171 Å². The third-order valence-electron chi connectivity index (χ3n) is 4.81. The van der Waals surface area contributed by atoms with E-state index < -0.39 is 21.8 Å². The van der Waals surface area contributed by atoms with Crippen LogP contribution in [-0.4, -0.2) is 37.6 Å². The molecule has 2 aromatic carbocycles. The monoisotopic (exact) mass is 415 g/mol. The first-order chi connectivity index (χ1) is 13.9. The van der Waals surface area contributed by atoms with Gasteiger partial charge in [0.25, 0.3) is 0 Å². The van der Waals surface area contributed by atoms with Crippen molar-refractivity contribution in [1.29, 1.82) is 0 Å². The van der Waals surface area contributed by atoms with E-state index in [2.05, 4.69) is 10.6 Å². The average molecular weight is 416 g/mol. The van der Waals surface area contributed by atoms with Gasteiger partial charge in [-0.1, -0.05) is 30.7 Å². The Morgan fingerprint density at radius 3 is 2.31 bits per heavy atom. The minimum atomic E-state index is -3.48. The first kappa shape index (κ1) is 21.0. The molecule has 0 atom stereocenters. The Kier molecular flexibility index (Phi) is 6.66. The molecule has 7 nitrogen and oxygen atoms in total. The number of hydrogen-bond donors (Lipinski definition) is 2. The maximum Gasteiger partial charge on any atom is 0.313 e. The lowest BCUT2D eigenvalue weighted by Gasteiger charge is -2.25. The van der Waals surface area contributed by atoms with E-state index in [-0.39, 0.29) is 11.4 Å². The molecule has 0 saturated carbocycles. The molecule has 1 saturated heterocycles. The molecule has 154 valence electrons. The van der Waals surface area contributed by atoms with Crippen molar-refractivity contribution in [3.8, 4) is 0 Å². The zero-order valence-corrected chi connectivity index (χ0v) is 17.2. The molecule has 0 aromatic heterocycles. The van der Waals surface area contributed by atoms with Crippen LogP contribution in [0.3, 0.4) is 0 Å². The van der Waals surface area contributed by atoms with E-state index in [9.17, 15) is 18.0 Å². The number of sulfonamides is 1. The number of nitrogens with zero attached hydrogens (tertiary/aromatic N) is 1. The summed E-state index contributed by atoms with van der Waals surface area (Å²) >= 11 is 0. The highest BCUT2D eigenvalue weighted by Crippen LogP contribution is 2.20. The lowest BCUT2D eigenvalue weighted by Crippen LogP contribution is -2.35. The van der Waals surface area contributed by atoms with E-state index in [1.165, 1.54) is 16.4 Å². The largest absolute Gasteiger partial charge is 0.344 e. The van der Waals surface area contributed by atoms with Gasteiger partial charge in [-0.05, 0) is 55.2 Å². The fourth-order valence-electron chi connectivity index (χ4n) is 3.21. The van der Waals surface area contributed by atoms with Crippen molar-refractivity contribution < 1.29 is 18.0 Å². The molecule has 3 rings (SSSR count). The maximum atomic E-state index is 12.7. The molecule has 2 N–H and O–H groups in total. The Hall–Kier alpha value is -2.71. The van der Waals surface area contributed by atoms with Crippen LogP contribution in [0.5, 0.6) is 0 Å². The molecule has 1 heterocycles. The van der Waals surface area contributed by atoms with Gasteiger partial charge in [0.05, 0.1) is 4.90 Å². The van der Waals surface area contributed by atoms with Crippen LogP contribution in [0.15, 0.2) is 53.4 Å². The van der Waals surface area contributed by atoms with Gasteiger partial charge in [0.15, 0.2) is 0 Å². The van der Waals surface area contributed by atoms with Gasteiger partial charge in [-0.2, -0.15) is 4.31 Å². The molecule has 0 bridgehead atoms. The predicted molar refractivity (Wildman–Crippen MR) is 111 cm³/mol. The van der Waals surface area contributed by atoms with E-state index in [4.69, 9.17) is 0 Å². The lowest BCUT2D eigenvalue weighted by atomic mass is 10.2. The minimum absolute atomic E-state index is 0.129. The van der Waals surface area contributed by atoms with Crippen molar-refractivity contribution in [3.63, 3.8) is 0 Å². The third-order valence-corrected chi connectivity index (χ3v) is 6.72. The van der Waals surface area contributed by atoms with Gasteiger partial charge < -0.3 is 10.6 Å². The number of piperidine rings is 1. The van der Waals surface area contributed by atoms with Crippen LogP contribution in [0.25, 0.3) is 0 Å². The summed E-state index contributed by atoms with van der Waals surface area (Å²) in [5.74, 6) is -1.50. The number of aryl methyl sites for hydroxylation is 1. The Bertz CT molecular complexity index is 981. The predicted octanol–water partition coefficient (Wildman–Crippen LogP) is 2.42. The molecule has 1 aliphatic rings. The summed E-state index contributed by atoms with van der Waals surface area (Å²) in [4.78, 5) is 24.3. The average Bonchev–Trinajstić information content (AvgIpc) is 2.73. The van der Waals surface area contributed by atoms with Gasteiger partial charge in [0.1, 0.15) is 0 Å². The highest BCUT2D eigenvalue weighted by molar-refractivity contribution is 7.89. The molecule has 1 aliphatic heterocycles. The summed E-state index contributed by atoms with van der Waals surface area (Å²) in [6, 6.07) is 13.5. The number of rotatable bonds is 5. The molecule has 0 aliphatic carbocycles. The highest BCUT2D eigenvalue weighted by Gasteiger charge is 2.25. The number of amides is 2. The van der Waals surface area contributed by atoms with Crippen LogP contribution >= 0.6 is 0 Å². The summed E-state index contributed by atoms with van der Waals surface area (Å²) in [5, 5.41) is 5.09. The van der Waals surface area contributed by atoms with Crippen LogP contribution in [0.4, 0.5) is 5.69 Å². The molecule has 2 amide bonds. The van der Waals surface area contributed by atoms with Crippen LogP contribution in [0.2, 0.25) is 0 Å².